The zero-order valence-corrected chi connectivity index (χ0v) is 10.7. The summed E-state index contributed by atoms with van der Waals surface area (Å²) in [5.74, 6) is 2.33. The smallest absolute Gasteiger partial charge is 0.124 e. The van der Waals surface area contributed by atoms with Crippen LogP contribution < -0.4 is 0 Å². The summed E-state index contributed by atoms with van der Waals surface area (Å²) >= 11 is 6.01. The highest BCUT2D eigenvalue weighted by atomic mass is 35.5. The minimum Gasteiger partial charge on any atom is -0.327 e. The summed E-state index contributed by atoms with van der Waals surface area (Å²) in [4.78, 5) is 4.60. The molecular weight excluding hydrogens is 232 g/mol. The molecule has 0 saturated heterocycles. The van der Waals surface area contributed by atoms with Gasteiger partial charge in [0.2, 0.25) is 0 Å². The number of imidazole rings is 1. The van der Waals surface area contributed by atoms with Crippen LogP contribution in [0.2, 0.25) is 0 Å². The average Bonchev–Trinajstić information content (AvgIpc) is 2.98. The Morgan fingerprint density at radius 1 is 1.24 bits per heavy atom. The van der Waals surface area contributed by atoms with E-state index in [0.717, 1.165) is 23.8 Å². The summed E-state index contributed by atoms with van der Waals surface area (Å²) in [6.07, 6.45) is 5.48. The van der Waals surface area contributed by atoms with E-state index >= 15 is 0 Å². The minimum absolute atomic E-state index is 0.501. The maximum absolute atomic E-state index is 6.01. The molecule has 1 heterocycles. The average molecular weight is 249 g/mol. The lowest BCUT2D eigenvalue weighted by Crippen LogP contribution is -2.09. The standard InChI is InChI=1S/C14H17ClN2/c15-9-14-16-12-7-3-4-8-13(12)17(14)10-11-5-1-2-6-11/h3-4,7-8,11H,1-2,5-6,9-10H2. The van der Waals surface area contributed by atoms with Gasteiger partial charge in [0.05, 0.1) is 16.9 Å². The fraction of sp³-hybridized carbons (Fsp3) is 0.500. The van der Waals surface area contributed by atoms with E-state index in [2.05, 4.69) is 27.8 Å². The lowest BCUT2D eigenvalue weighted by atomic mass is 10.1. The predicted molar refractivity (Wildman–Crippen MR) is 71.2 cm³/mol. The molecule has 1 aliphatic rings. The van der Waals surface area contributed by atoms with Gasteiger partial charge in [0.1, 0.15) is 5.82 Å². The summed E-state index contributed by atoms with van der Waals surface area (Å²) in [6, 6.07) is 8.32. The number of benzene rings is 1. The van der Waals surface area contributed by atoms with E-state index in [9.17, 15) is 0 Å². The second kappa shape index (κ2) is 4.69. The molecule has 0 amide bonds. The van der Waals surface area contributed by atoms with Crippen LogP contribution in [0.3, 0.4) is 0 Å². The van der Waals surface area contributed by atoms with E-state index in [4.69, 9.17) is 11.6 Å². The Kier molecular flexibility index (Phi) is 3.06. The van der Waals surface area contributed by atoms with Crippen molar-refractivity contribution in [3.05, 3.63) is 30.1 Å². The second-order valence-electron chi connectivity index (χ2n) is 4.91. The van der Waals surface area contributed by atoms with Crippen LogP contribution in [0.1, 0.15) is 31.5 Å². The third-order valence-electron chi connectivity index (χ3n) is 3.77. The van der Waals surface area contributed by atoms with Crippen molar-refractivity contribution in [3.8, 4) is 0 Å². The lowest BCUT2D eigenvalue weighted by Gasteiger charge is -2.13. The molecule has 0 radical (unpaired) electrons. The van der Waals surface area contributed by atoms with Crippen molar-refractivity contribution >= 4 is 22.6 Å². The first-order valence-corrected chi connectivity index (χ1v) is 6.92. The molecule has 2 aromatic rings. The van der Waals surface area contributed by atoms with Gasteiger partial charge in [-0.2, -0.15) is 0 Å². The molecule has 90 valence electrons. The molecular formula is C14H17ClN2. The van der Waals surface area contributed by atoms with Gasteiger partial charge < -0.3 is 4.57 Å². The van der Waals surface area contributed by atoms with Gasteiger partial charge in [-0.05, 0) is 30.9 Å². The molecule has 1 fully saturated rings. The van der Waals surface area contributed by atoms with Crippen LogP contribution in [0, 0.1) is 5.92 Å². The Balaban J connectivity index is 1.99. The number of para-hydroxylation sites is 2. The van der Waals surface area contributed by atoms with Gasteiger partial charge in [-0.25, -0.2) is 4.98 Å². The van der Waals surface area contributed by atoms with Gasteiger partial charge in [-0.15, -0.1) is 11.6 Å². The SMILES string of the molecule is ClCc1nc2ccccc2n1CC1CCCC1. The van der Waals surface area contributed by atoms with Crippen LogP contribution in [0.15, 0.2) is 24.3 Å². The number of hydrogen-bond acceptors (Lipinski definition) is 1. The molecule has 3 rings (SSSR count). The van der Waals surface area contributed by atoms with Gasteiger partial charge >= 0.3 is 0 Å². The molecule has 3 heteroatoms. The number of alkyl halides is 1. The molecule has 0 aliphatic heterocycles. The predicted octanol–water partition coefficient (Wildman–Crippen LogP) is 3.97. The largest absolute Gasteiger partial charge is 0.327 e. The summed E-state index contributed by atoms with van der Waals surface area (Å²) < 4.78 is 2.32. The first-order chi connectivity index (χ1) is 8.38. The third-order valence-corrected chi connectivity index (χ3v) is 4.01. The van der Waals surface area contributed by atoms with Crippen LogP contribution in [-0.4, -0.2) is 9.55 Å². The fourth-order valence-electron chi connectivity index (χ4n) is 2.88. The van der Waals surface area contributed by atoms with E-state index in [1.54, 1.807) is 0 Å². The van der Waals surface area contributed by atoms with E-state index < -0.39 is 0 Å². The monoisotopic (exact) mass is 248 g/mol. The molecule has 0 N–H and O–H groups in total. The van der Waals surface area contributed by atoms with Crippen LogP contribution in [-0.2, 0) is 12.4 Å². The molecule has 0 spiro atoms. The Labute approximate surface area is 107 Å². The zero-order valence-electron chi connectivity index (χ0n) is 9.90. The number of halogens is 1. The quantitative estimate of drug-likeness (QED) is 0.752. The summed E-state index contributed by atoms with van der Waals surface area (Å²) in [5.41, 5.74) is 2.30. The second-order valence-corrected chi connectivity index (χ2v) is 5.18. The van der Waals surface area contributed by atoms with Gasteiger partial charge in [0.15, 0.2) is 0 Å². The number of fused-ring (bicyclic) bond motifs is 1. The Morgan fingerprint density at radius 3 is 2.76 bits per heavy atom. The van der Waals surface area contributed by atoms with Crippen LogP contribution >= 0.6 is 11.6 Å². The van der Waals surface area contributed by atoms with Gasteiger partial charge in [0, 0.05) is 6.54 Å². The van der Waals surface area contributed by atoms with Gasteiger partial charge in [-0.3, -0.25) is 0 Å². The highest BCUT2D eigenvalue weighted by Crippen LogP contribution is 2.28. The molecule has 2 nitrogen and oxygen atoms in total. The first kappa shape index (κ1) is 11.1. The fourth-order valence-corrected chi connectivity index (χ4v) is 3.09. The van der Waals surface area contributed by atoms with Crippen molar-refractivity contribution in [2.45, 2.75) is 38.1 Å². The Morgan fingerprint density at radius 2 is 2.00 bits per heavy atom. The maximum atomic E-state index is 6.01. The maximum Gasteiger partial charge on any atom is 0.124 e. The lowest BCUT2D eigenvalue weighted by molar-refractivity contribution is 0.458. The minimum atomic E-state index is 0.501. The normalized spacial score (nSPS) is 17.0. The number of nitrogens with zero attached hydrogens (tertiary/aromatic N) is 2. The van der Waals surface area contributed by atoms with Crippen LogP contribution in [0.4, 0.5) is 0 Å². The summed E-state index contributed by atoms with van der Waals surface area (Å²) in [6.45, 7) is 1.09. The van der Waals surface area contributed by atoms with Crippen molar-refractivity contribution in [1.82, 2.24) is 9.55 Å². The van der Waals surface area contributed by atoms with Crippen LogP contribution in [0.5, 0.6) is 0 Å². The first-order valence-electron chi connectivity index (χ1n) is 6.38. The van der Waals surface area contributed by atoms with Gasteiger partial charge in [0.25, 0.3) is 0 Å². The molecule has 17 heavy (non-hydrogen) atoms. The summed E-state index contributed by atoms with van der Waals surface area (Å²) in [7, 11) is 0. The topological polar surface area (TPSA) is 17.8 Å². The molecule has 1 saturated carbocycles. The molecule has 1 aliphatic carbocycles. The molecule has 0 atom stereocenters. The molecule has 1 aromatic heterocycles. The van der Waals surface area contributed by atoms with Crippen molar-refractivity contribution in [1.29, 1.82) is 0 Å². The molecule has 1 aromatic carbocycles. The Hall–Kier alpha value is -1.02. The number of hydrogen-bond donors (Lipinski definition) is 0. The number of aromatic nitrogens is 2. The van der Waals surface area contributed by atoms with Crippen molar-refractivity contribution in [2.24, 2.45) is 5.92 Å². The molecule has 0 unspecified atom stereocenters. The van der Waals surface area contributed by atoms with E-state index in [1.807, 2.05) is 6.07 Å². The number of rotatable bonds is 3. The highest BCUT2D eigenvalue weighted by molar-refractivity contribution is 6.16. The van der Waals surface area contributed by atoms with Crippen molar-refractivity contribution < 1.29 is 0 Å². The molecule has 0 bridgehead atoms. The van der Waals surface area contributed by atoms with E-state index in [0.29, 0.717) is 5.88 Å². The van der Waals surface area contributed by atoms with Crippen molar-refractivity contribution in [2.75, 3.05) is 0 Å². The van der Waals surface area contributed by atoms with E-state index in [1.165, 1.54) is 31.2 Å². The highest BCUT2D eigenvalue weighted by Gasteiger charge is 2.18. The van der Waals surface area contributed by atoms with Crippen molar-refractivity contribution in [3.63, 3.8) is 0 Å². The Bertz CT molecular complexity index is 512. The van der Waals surface area contributed by atoms with Gasteiger partial charge in [-0.1, -0.05) is 25.0 Å². The zero-order chi connectivity index (χ0) is 11.7. The van der Waals surface area contributed by atoms with Crippen LogP contribution in [0.25, 0.3) is 11.0 Å². The summed E-state index contributed by atoms with van der Waals surface area (Å²) in [5, 5.41) is 0. The van der Waals surface area contributed by atoms with E-state index in [-0.39, 0.29) is 0 Å². The third kappa shape index (κ3) is 2.06.